The Morgan fingerprint density at radius 1 is 1.32 bits per heavy atom. The van der Waals surface area contributed by atoms with Gasteiger partial charge in [-0.15, -0.1) is 0 Å². The number of amides is 1. The molecule has 0 spiro atoms. The Bertz CT molecular complexity index is 822. The molecule has 1 N–H and O–H groups in total. The van der Waals surface area contributed by atoms with E-state index in [2.05, 4.69) is 35.2 Å². The minimum absolute atomic E-state index is 0.0873. The van der Waals surface area contributed by atoms with E-state index in [1.165, 1.54) is 0 Å². The number of methoxy groups -OCH3 is 1. The minimum atomic E-state index is -0.109. The lowest BCUT2D eigenvalue weighted by molar-refractivity contribution is -0.116. The Hall–Kier alpha value is -2.60. The summed E-state index contributed by atoms with van der Waals surface area (Å²) in [7, 11) is 3.57. The van der Waals surface area contributed by atoms with E-state index >= 15 is 0 Å². The topological polar surface area (TPSA) is 59.4 Å². The highest BCUT2D eigenvalue weighted by Crippen LogP contribution is 2.24. The molecule has 0 aliphatic rings. The first-order valence-corrected chi connectivity index (χ1v) is 9.75. The number of nitrogens with zero attached hydrogens (tertiary/aromatic N) is 3. The van der Waals surface area contributed by atoms with Gasteiger partial charge in [0, 0.05) is 30.9 Å². The molecule has 2 aromatic rings. The molecule has 0 aliphatic carbocycles. The van der Waals surface area contributed by atoms with Gasteiger partial charge in [0.25, 0.3) is 0 Å². The quantitative estimate of drug-likeness (QED) is 0.674. The summed E-state index contributed by atoms with van der Waals surface area (Å²) >= 11 is 0. The molecule has 1 heterocycles. The highest BCUT2D eigenvalue weighted by atomic mass is 16.5. The minimum Gasteiger partial charge on any atom is -0.497 e. The molecule has 1 atom stereocenters. The van der Waals surface area contributed by atoms with Crippen molar-refractivity contribution in [2.24, 2.45) is 7.05 Å². The maximum absolute atomic E-state index is 12.4. The largest absolute Gasteiger partial charge is 0.497 e. The molecule has 0 aliphatic heterocycles. The summed E-state index contributed by atoms with van der Waals surface area (Å²) in [5.74, 6) is 0.714. The zero-order chi connectivity index (χ0) is 20.7. The van der Waals surface area contributed by atoms with Crippen molar-refractivity contribution in [3.05, 3.63) is 52.9 Å². The van der Waals surface area contributed by atoms with Gasteiger partial charge in [-0.2, -0.15) is 5.10 Å². The van der Waals surface area contributed by atoms with Gasteiger partial charge in [-0.25, -0.2) is 0 Å². The summed E-state index contributed by atoms with van der Waals surface area (Å²) < 4.78 is 7.19. The zero-order valence-corrected chi connectivity index (χ0v) is 17.8. The number of aryl methyl sites for hydroxylation is 2. The van der Waals surface area contributed by atoms with Crippen LogP contribution in [0.5, 0.6) is 5.75 Å². The molecule has 152 valence electrons. The zero-order valence-electron chi connectivity index (χ0n) is 17.8. The molecule has 6 nitrogen and oxygen atoms in total. The molecule has 1 unspecified atom stereocenters. The molecule has 0 radical (unpaired) electrons. The highest BCUT2D eigenvalue weighted by molar-refractivity contribution is 5.92. The fraction of sp³-hybridized carbons (Fsp3) is 0.455. The third-order valence-corrected chi connectivity index (χ3v) is 5.17. The van der Waals surface area contributed by atoms with Crippen LogP contribution in [-0.2, 0) is 11.8 Å². The summed E-state index contributed by atoms with van der Waals surface area (Å²) in [6.45, 7) is 10.5. The summed E-state index contributed by atoms with van der Waals surface area (Å²) in [4.78, 5) is 14.8. The van der Waals surface area contributed by atoms with E-state index in [0.29, 0.717) is 6.54 Å². The number of hydrogen-bond donors (Lipinski definition) is 1. The summed E-state index contributed by atoms with van der Waals surface area (Å²) in [6.07, 6.45) is 3.42. The van der Waals surface area contributed by atoms with E-state index in [-0.39, 0.29) is 11.9 Å². The van der Waals surface area contributed by atoms with Crippen LogP contribution in [0.2, 0.25) is 0 Å². The summed E-state index contributed by atoms with van der Waals surface area (Å²) in [6, 6.07) is 8.12. The van der Waals surface area contributed by atoms with Crippen LogP contribution in [-0.4, -0.2) is 47.3 Å². The fourth-order valence-electron chi connectivity index (χ4n) is 3.42. The second-order valence-corrected chi connectivity index (χ2v) is 6.80. The number of hydrogen-bond acceptors (Lipinski definition) is 4. The van der Waals surface area contributed by atoms with Crippen LogP contribution < -0.4 is 10.1 Å². The molecule has 0 saturated heterocycles. The molecule has 0 fully saturated rings. The summed E-state index contributed by atoms with van der Waals surface area (Å²) in [5, 5.41) is 7.43. The van der Waals surface area contributed by atoms with Gasteiger partial charge in [-0.1, -0.05) is 26.0 Å². The molecular formula is C22H32N4O2. The number of likely N-dealkylation sites (N-methyl/N-ethyl adjacent to an activating group) is 1. The van der Waals surface area contributed by atoms with Crippen molar-refractivity contribution in [3.63, 3.8) is 0 Å². The molecule has 1 aromatic heterocycles. The SMILES string of the molecule is CCN(CC)C(CNC(=O)/C=C/c1c(C)nn(C)c1C)c1cccc(OC)c1. The lowest BCUT2D eigenvalue weighted by atomic mass is 10.0. The van der Waals surface area contributed by atoms with Crippen molar-refractivity contribution in [3.8, 4) is 5.75 Å². The van der Waals surface area contributed by atoms with Crippen LogP contribution in [0, 0.1) is 13.8 Å². The number of aromatic nitrogens is 2. The van der Waals surface area contributed by atoms with E-state index in [0.717, 1.165) is 41.4 Å². The summed E-state index contributed by atoms with van der Waals surface area (Å²) in [5.41, 5.74) is 4.08. The van der Waals surface area contributed by atoms with Crippen LogP contribution in [0.15, 0.2) is 30.3 Å². The van der Waals surface area contributed by atoms with Crippen LogP contribution >= 0.6 is 0 Å². The van der Waals surface area contributed by atoms with Gasteiger partial charge < -0.3 is 10.1 Å². The first kappa shape index (κ1) is 21.7. The van der Waals surface area contributed by atoms with Crippen molar-refractivity contribution < 1.29 is 9.53 Å². The van der Waals surface area contributed by atoms with E-state index < -0.39 is 0 Å². The fourth-order valence-corrected chi connectivity index (χ4v) is 3.42. The number of rotatable bonds is 9. The predicted molar refractivity (Wildman–Crippen MR) is 113 cm³/mol. The molecule has 0 saturated carbocycles. The van der Waals surface area contributed by atoms with Gasteiger partial charge in [0.15, 0.2) is 0 Å². The van der Waals surface area contributed by atoms with E-state index in [1.54, 1.807) is 13.2 Å². The maximum Gasteiger partial charge on any atom is 0.244 e. The highest BCUT2D eigenvalue weighted by Gasteiger charge is 2.19. The van der Waals surface area contributed by atoms with Crippen molar-refractivity contribution >= 4 is 12.0 Å². The van der Waals surface area contributed by atoms with E-state index in [4.69, 9.17) is 4.74 Å². The third-order valence-electron chi connectivity index (χ3n) is 5.17. The van der Waals surface area contributed by atoms with Crippen LogP contribution in [0.1, 0.15) is 42.4 Å². The van der Waals surface area contributed by atoms with Gasteiger partial charge in [0.2, 0.25) is 5.91 Å². The van der Waals surface area contributed by atoms with Gasteiger partial charge in [-0.3, -0.25) is 14.4 Å². The third kappa shape index (κ3) is 5.23. The lowest BCUT2D eigenvalue weighted by Crippen LogP contribution is -2.37. The Morgan fingerprint density at radius 2 is 2.04 bits per heavy atom. The van der Waals surface area contributed by atoms with Crippen molar-refractivity contribution in [1.29, 1.82) is 0 Å². The van der Waals surface area contributed by atoms with Crippen LogP contribution in [0.25, 0.3) is 6.08 Å². The standard InChI is InChI=1S/C22H32N4O2/c1-7-26(8-2)21(18-10-9-11-19(14-18)28-6)15-23-22(27)13-12-20-16(3)24-25(5)17(20)4/h9-14,21H,7-8,15H2,1-6H3,(H,23,27)/b13-12+. The molecule has 6 heteroatoms. The monoisotopic (exact) mass is 384 g/mol. The number of carbonyl (C=O) groups is 1. The van der Waals surface area contributed by atoms with E-state index in [9.17, 15) is 4.79 Å². The number of nitrogens with one attached hydrogen (secondary N) is 1. The number of benzene rings is 1. The van der Waals surface area contributed by atoms with Crippen LogP contribution in [0.4, 0.5) is 0 Å². The van der Waals surface area contributed by atoms with Gasteiger partial charge >= 0.3 is 0 Å². The maximum atomic E-state index is 12.4. The van der Waals surface area contributed by atoms with Crippen LogP contribution in [0.3, 0.4) is 0 Å². The second kappa shape index (κ2) is 10.1. The first-order valence-electron chi connectivity index (χ1n) is 9.75. The van der Waals surface area contributed by atoms with Gasteiger partial charge in [-0.05, 0) is 50.7 Å². The molecule has 1 amide bonds. The Morgan fingerprint density at radius 3 is 2.61 bits per heavy atom. The number of carbonyl (C=O) groups excluding carboxylic acids is 1. The molecule has 28 heavy (non-hydrogen) atoms. The molecular weight excluding hydrogens is 352 g/mol. The van der Waals surface area contributed by atoms with Gasteiger partial charge in [0.1, 0.15) is 5.75 Å². The Labute approximate surface area is 168 Å². The normalized spacial score (nSPS) is 12.5. The average molecular weight is 385 g/mol. The average Bonchev–Trinajstić information content (AvgIpc) is 2.94. The Kier molecular flexibility index (Phi) is 7.81. The predicted octanol–water partition coefficient (Wildman–Crippen LogP) is 3.26. The van der Waals surface area contributed by atoms with Crippen molar-refractivity contribution in [2.75, 3.05) is 26.7 Å². The second-order valence-electron chi connectivity index (χ2n) is 6.80. The lowest BCUT2D eigenvalue weighted by Gasteiger charge is -2.30. The van der Waals surface area contributed by atoms with Crippen molar-refractivity contribution in [1.82, 2.24) is 20.0 Å². The molecule has 2 rings (SSSR count). The smallest absolute Gasteiger partial charge is 0.244 e. The molecule has 0 bridgehead atoms. The first-order chi connectivity index (χ1) is 13.4. The van der Waals surface area contributed by atoms with E-state index in [1.807, 2.05) is 49.9 Å². The number of ether oxygens (including phenoxy) is 1. The van der Waals surface area contributed by atoms with Crippen molar-refractivity contribution in [2.45, 2.75) is 33.7 Å². The molecule has 1 aromatic carbocycles. The Balaban J connectivity index is 2.11. The van der Waals surface area contributed by atoms with Gasteiger partial charge in [0.05, 0.1) is 18.8 Å².